The molecule has 2 N–H and O–H groups in total. The Hall–Kier alpha value is -1.90. The summed E-state index contributed by atoms with van der Waals surface area (Å²) in [6.07, 6.45) is 1.61. The van der Waals surface area contributed by atoms with E-state index < -0.39 is 5.91 Å². The third-order valence-corrected chi connectivity index (χ3v) is 1.71. The molecule has 0 heterocycles. The molecule has 3 nitrogen and oxygen atoms in total. The van der Waals surface area contributed by atoms with E-state index in [2.05, 4.69) is 18.3 Å². The van der Waals surface area contributed by atoms with Gasteiger partial charge in [-0.15, -0.1) is 0 Å². The lowest BCUT2D eigenvalue weighted by atomic mass is 10.1. The van der Waals surface area contributed by atoms with Crippen molar-refractivity contribution in [1.29, 1.82) is 0 Å². The molecule has 1 aromatic rings. The van der Waals surface area contributed by atoms with Crippen LogP contribution in [0.25, 0.3) is 6.08 Å². The van der Waals surface area contributed by atoms with Crippen molar-refractivity contribution >= 4 is 24.4 Å². The molecule has 0 saturated heterocycles. The number of aliphatic imine (C=N–C) groups is 1. The number of carbonyl (C=O) groups is 1. The van der Waals surface area contributed by atoms with E-state index in [0.29, 0.717) is 11.3 Å². The van der Waals surface area contributed by atoms with E-state index in [1.807, 2.05) is 0 Å². The SMILES string of the molecule is C=Cc1cccc(C(N)=O)c1N=C. The second-order valence-electron chi connectivity index (χ2n) is 2.47. The Labute approximate surface area is 76.6 Å². The van der Waals surface area contributed by atoms with E-state index in [-0.39, 0.29) is 0 Å². The van der Waals surface area contributed by atoms with Crippen LogP contribution in [-0.2, 0) is 0 Å². The fourth-order valence-corrected chi connectivity index (χ4v) is 1.10. The molecule has 0 saturated carbocycles. The highest BCUT2D eigenvalue weighted by Crippen LogP contribution is 2.24. The quantitative estimate of drug-likeness (QED) is 0.697. The molecular weight excluding hydrogens is 164 g/mol. The minimum atomic E-state index is -0.508. The van der Waals surface area contributed by atoms with E-state index in [4.69, 9.17) is 5.73 Å². The Balaban J connectivity index is 3.43. The van der Waals surface area contributed by atoms with Gasteiger partial charge in [0.2, 0.25) is 0 Å². The van der Waals surface area contributed by atoms with Crippen LogP contribution in [0.2, 0.25) is 0 Å². The highest BCUT2D eigenvalue weighted by Gasteiger charge is 2.08. The van der Waals surface area contributed by atoms with E-state index in [0.717, 1.165) is 5.56 Å². The van der Waals surface area contributed by atoms with Crippen molar-refractivity contribution in [2.45, 2.75) is 0 Å². The highest BCUT2D eigenvalue weighted by molar-refractivity contribution is 5.99. The summed E-state index contributed by atoms with van der Waals surface area (Å²) in [5.74, 6) is -0.508. The predicted octanol–water partition coefficient (Wildman–Crippen LogP) is 1.76. The first-order valence-electron chi connectivity index (χ1n) is 3.72. The molecule has 0 aliphatic heterocycles. The summed E-state index contributed by atoms with van der Waals surface area (Å²) in [4.78, 5) is 14.7. The van der Waals surface area contributed by atoms with Crippen molar-refractivity contribution < 1.29 is 4.79 Å². The molecule has 0 aliphatic carbocycles. The van der Waals surface area contributed by atoms with Crippen LogP contribution in [0, 0.1) is 0 Å². The van der Waals surface area contributed by atoms with Gasteiger partial charge in [-0.2, -0.15) is 0 Å². The number of hydrogen-bond donors (Lipinski definition) is 1. The smallest absolute Gasteiger partial charge is 0.250 e. The summed E-state index contributed by atoms with van der Waals surface area (Å²) in [7, 11) is 0. The molecule has 1 rings (SSSR count). The average Bonchev–Trinajstić information content (AvgIpc) is 2.16. The third-order valence-electron chi connectivity index (χ3n) is 1.71. The largest absolute Gasteiger partial charge is 0.366 e. The molecule has 0 aromatic heterocycles. The maximum Gasteiger partial charge on any atom is 0.250 e. The molecule has 1 amide bonds. The molecule has 0 aliphatic rings. The second kappa shape index (κ2) is 3.67. The maximum absolute atomic E-state index is 10.9. The average molecular weight is 174 g/mol. The molecule has 3 heteroatoms. The van der Waals surface area contributed by atoms with Crippen molar-refractivity contribution in [3.8, 4) is 0 Å². The summed E-state index contributed by atoms with van der Waals surface area (Å²) in [6.45, 7) is 6.98. The number of carbonyl (C=O) groups excluding carboxylic acids is 1. The Morgan fingerprint density at radius 1 is 1.54 bits per heavy atom. The van der Waals surface area contributed by atoms with Crippen molar-refractivity contribution in [2.24, 2.45) is 10.7 Å². The number of hydrogen-bond acceptors (Lipinski definition) is 2. The van der Waals surface area contributed by atoms with Gasteiger partial charge in [-0.3, -0.25) is 9.79 Å². The summed E-state index contributed by atoms with van der Waals surface area (Å²) in [5, 5.41) is 0. The Morgan fingerprint density at radius 2 is 2.23 bits per heavy atom. The molecule has 0 radical (unpaired) electrons. The number of benzene rings is 1. The zero-order valence-corrected chi connectivity index (χ0v) is 7.16. The summed E-state index contributed by atoms with van der Waals surface area (Å²) < 4.78 is 0. The van der Waals surface area contributed by atoms with Crippen LogP contribution in [0.15, 0.2) is 29.8 Å². The molecule has 0 atom stereocenters. The number of amides is 1. The van der Waals surface area contributed by atoms with Gasteiger partial charge in [0.05, 0.1) is 11.3 Å². The number of nitrogens with two attached hydrogens (primary N) is 1. The number of para-hydroxylation sites is 1. The van der Waals surface area contributed by atoms with Crippen LogP contribution in [0.1, 0.15) is 15.9 Å². The van der Waals surface area contributed by atoms with Gasteiger partial charge in [-0.1, -0.05) is 24.8 Å². The zero-order chi connectivity index (χ0) is 9.84. The lowest BCUT2D eigenvalue weighted by molar-refractivity contribution is 0.100. The van der Waals surface area contributed by atoms with Gasteiger partial charge in [0.1, 0.15) is 0 Å². The summed E-state index contributed by atoms with van der Waals surface area (Å²) >= 11 is 0. The Kier molecular flexibility index (Phi) is 2.59. The number of rotatable bonds is 3. The fraction of sp³-hybridized carbons (Fsp3) is 0. The van der Waals surface area contributed by atoms with Crippen LogP contribution >= 0.6 is 0 Å². The third kappa shape index (κ3) is 1.64. The topological polar surface area (TPSA) is 55.5 Å². The molecule has 13 heavy (non-hydrogen) atoms. The lowest BCUT2D eigenvalue weighted by Gasteiger charge is -2.03. The van der Waals surface area contributed by atoms with Crippen LogP contribution in [-0.4, -0.2) is 12.6 Å². The highest BCUT2D eigenvalue weighted by atomic mass is 16.1. The molecule has 0 unspecified atom stereocenters. The molecule has 1 aromatic carbocycles. The van der Waals surface area contributed by atoms with E-state index >= 15 is 0 Å². The standard InChI is InChI=1S/C10H10N2O/c1-3-7-5-4-6-8(10(11)13)9(7)12-2/h3-6H,1-2H2,(H2,11,13). The van der Waals surface area contributed by atoms with Gasteiger partial charge >= 0.3 is 0 Å². The minimum Gasteiger partial charge on any atom is -0.366 e. The molecule has 66 valence electrons. The van der Waals surface area contributed by atoms with Crippen molar-refractivity contribution in [3.05, 3.63) is 35.9 Å². The van der Waals surface area contributed by atoms with Gasteiger partial charge < -0.3 is 5.73 Å². The first-order valence-corrected chi connectivity index (χ1v) is 3.72. The van der Waals surface area contributed by atoms with Crippen molar-refractivity contribution in [3.63, 3.8) is 0 Å². The van der Waals surface area contributed by atoms with E-state index in [1.54, 1.807) is 24.3 Å². The van der Waals surface area contributed by atoms with Gasteiger partial charge in [0.15, 0.2) is 0 Å². The maximum atomic E-state index is 10.9. The van der Waals surface area contributed by atoms with Gasteiger partial charge in [0, 0.05) is 5.56 Å². The number of nitrogens with zero attached hydrogens (tertiary/aromatic N) is 1. The van der Waals surface area contributed by atoms with Gasteiger partial charge in [-0.05, 0) is 12.8 Å². The minimum absolute atomic E-state index is 0.368. The van der Waals surface area contributed by atoms with Crippen molar-refractivity contribution in [1.82, 2.24) is 0 Å². The molecule has 0 spiro atoms. The summed E-state index contributed by atoms with van der Waals surface area (Å²) in [5.41, 5.74) is 6.77. The zero-order valence-electron chi connectivity index (χ0n) is 7.16. The monoisotopic (exact) mass is 174 g/mol. The van der Waals surface area contributed by atoms with E-state index in [9.17, 15) is 4.79 Å². The molecule has 0 fully saturated rings. The van der Waals surface area contributed by atoms with E-state index in [1.165, 1.54) is 0 Å². The van der Waals surface area contributed by atoms with Crippen LogP contribution < -0.4 is 5.73 Å². The molecule has 0 bridgehead atoms. The summed E-state index contributed by atoms with van der Waals surface area (Å²) in [6, 6.07) is 5.13. The van der Waals surface area contributed by atoms with Gasteiger partial charge in [0.25, 0.3) is 5.91 Å². The Bertz CT molecular complexity index is 369. The molecular formula is C10H10N2O. The van der Waals surface area contributed by atoms with Gasteiger partial charge in [-0.25, -0.2) is 0 Å². The van der Waals surface area contributed by atoms with Crippen LogP contribution in [0.5, 0.6) is 0 Å². The van der Waals surface area contributed by atoms with Crippen LogP contribution in [0.4, 0.5) is 5.69 Å². The predicted molar refractivity (Wildman–Crippen MR) is 54.3 cm³/mol. The normalized spacial score (nSPS) is 9.23. The Morgan fingerprint density at radius 3 is 2.69 bits per heavy atom. The van der Waals surface area contributed by atoms with Crippen LogP contribution in [0.3, 0.4) is 0 Å². The second-order valence-corrected chi connectivity index (χ2v) is 2.47. The number of primary amides is 1. The first kappa shape index (κ1) is 9.19. The lowest BCUT2D eigenvalue weighted by Crippen LogP contribution is -2.11. The van der Waals surface area contributed by atoms with Crippen molar-refractivity contribution in [2.75, 3.05) is 0 Å². The fourth-order valence-electron chi connectivity index (χ4n) is 1.10. The first-order chi connectivity index (χ1) is 6.20.